The molecule has 0 saturated carbocycles. The van der Waals surface area contributed by atoms with Gasteiger partial charge in [0.15, 0.2) is 0 Å². The van der Waals surface area contributed by atoms with Crippen LogP contribution in [0.1, 0.15) is 24.8 Å². The van der Waals surface area contributed by atoms with E-state index in [2.05, 4.69) is 48.5 Å². The number of hydrazone groups is 1. The largest absolute Gasteiger partial charge is 0.291 e. The highest BCUT2D eigenvalue weighted by Gasteiger charge is 2.31. The minimum Gasteiger partial charge on any atom is -0.291 e. The van der Waals surface area contributed by atoms with Crippen LogP contribution in [-0.2, 0) is 0 Å². The van der Waals surface area contributed by atoms with E-state index in [0.29, 0.717) is 12.0 Å². The molecule has 70 valence electrons. The van der Waals surface area contributed by atoms with Crippen molar-refractivity contribution in [1.82, 2.24) is 5.01 Å². The molecule has 0 aromatic carbocycles. The molecule has 0 radical (unpaired) electrons. The number of thiophene rings is 1. The Labute approximate surface area is 82.9 Å². The molecule has 0 saturated heterocycles. The first-order chi connectivity index (χ1) is 6.20. The highest BCUT2D eigenvalue weighted by atomic mass is 32.1. The Morgan fingerprint density at radius 2 is 2.31 bits per heavy atom. The van der Waals surface area contributed by atoms with Crippen molar-refractivity contribution in [2.45, 2.75) is 19.9 Å². The van der Waals surface area contributed by atoms with Gasteiger partial charge in [0.25, 0.3) is 0 Å². The summed E-state index contributed by atoms with van der Waals surface area (Å²) in [5.74, 6) is 0.545. The fourth-order valence-corrected chi connectivity index (χ4v) is 2.81. The summed E-state index contributed by atoms with van der Waals surface area (Å²) in [6.07, 6.45) is 0. The third kappa shape index (κ3) is 1.37. The molecule has 13 heavy (non-hydrogen) atoms. The molecule has 1 aromatic heterocycles. The Morgan fingerprint density at radius 1 is 1.54 bits per heavy atom. The van der Waals surface area contributed by atoms with Crippen LogP contribution in [-0.4, -0.2) is 17.8 Å². The Morgan fingerprint density at radius 3 is 2.77 bits per heavy atom. The summed E-state index contributed by atoms with van der Waals surface area (Å²) in [5.41, 5.74) is 1.24. The summed E-state index contributed by atoms with van der Waals surface area (Å²) in [4.78, 5) is 1.41. The smallest absolute Gasteiger partial charge is 0.0886 e. The second-order valence-electron chi connectivity index (χ2n) is 3.56. The SMILES string of the molecule is CC1=NN(C)C(c2cccs2)C1C. The first-order valence-electron chi connectivity index (χ1n) is 4.51. The second kappa shape index (κ2) is 3.14. The minimum atomic E-state index is 0.458. The molecule has 0 amide bonds. The van der Waals surface area contributed by atoms with Crippen molar-refractivity contribution in [3.05, 3.63) is 22.4 Å². The van der Waals surface area contributed by atoms with E-state index < -0.39 is 0 Å². The van der Waals surface area contributed by atoms with E-state index >= 15 is 0 Å². The molecule has 1 aromatic rings. The Kier molecular flexibility index (Phi) is 2.12. The summed E-state index contributed by atoms with van der Waals surface area (Å²) < 4.78 is 0. The van der Waals surface area contributed by atoms with Crippen LogP contribution >= 0.6 is 11.3 Å². The molecule has 0 bridgehead atoms. The van der Waals surface area contributed by atoms with Gasteiger partial charge in [-0.3, -0.25) is 5.01 Å². The standard InChI is InChI=1S/C10H14N2S/c1-7-8(2)11-12(3)10(7)9-5-4-6-13-9/h4-7,10H,1-3H3. The molecule has 2 nitrogen and oxygen atoms in total. The summed E-state index contributed by atoms with van der Waals surface area (Å²) in [6.45, 7) is 4.35. The topological polar surface area (TPSA) is 15.6 Å². The third-order valence-corrected chi connectivity index (χ3v) is 3.63. The van der Waals surface area contributed by atoms with E-state index in [4.69, 9.17) is 0 Å². The number of nitrogens with zero attached hydrogens (tertiary/aromatic N) is 2. The second-order valence-corrected chi connectivity index (χ2v) is 4.54. The van der Waals surface area contributed by atoms with Crippen molar-refractivity contribution >= 4 is 17.0 Å². The highest BCUT2D eigenvalue weighted by molar-refractivity contribution is 7.10. The molecule has 2 unspecified atom stereocenters. The van der Waals surface area contributed by atoms with Crippen molar-refractivity contribution < 1.29 is 0 Å². The van der Waals surface area contributed by atoms with E-state index in [0.717, 1.165) is 0 Å². The molecule has 3 heteroatoms. The van der Waals surface area contributed by atoms with Gasteiger partial charge in [-0.05, 0) is 18.4 Å². The van der Waals surface area contributed by atoms with Gasteiger partial charge in [-0.2, -0.15) is 5.10 Å². The van der Waals surface area contributed by atoms with E-state index in [1.807, 2.05) is 11.3 Å². The van der Waals surface area contributed by atoms with Crippen LogP contribution in [0.3, 0.4) is 0 Å². The quantitative estimate of drug-likeness (QED) is 0.671. The summed E-state index contributed by atoms with van der Waals surface area (Å²) in [6, 6.07) is 4.75. The molecule has 1 aliphatic rings. The number of rotatable bonds is 1. The van der Waals surface area contributed by atoms with Crippen molar-refractivity contribution in [2.24, 2.45) is 11.0 Å². The highest BCUT2D eigenvalue weighted by Crippen LogP contribution is 2.35. The third-order valence-electron chi connectivity index (χ3n) is 2.69. The summed E-state index contributed by atoms with van der Waals surface area (Å²) in [5, 5.41) is 8.67. The number of hydrogen-bond acceptors (Lipinski definition) is 3. The van der Waals surface area contributed by atoms with Gasteiger partial charge in [-0.1, -0.05) is 13.0 Å². The van der Waals surface area contributed by atoms with Gasteiger partial charge in [-0.15, -0.1) is 11.3 Å². The maximum absolute atomic E-state index is 4.46. The zero-order chi connectivity index (χ0) is 9.42. The minimum absolute atomic E-state index is 0.458. The van der Waals surface area contributed by atoms with Crippen molar-refractivity contribution in [3.63, 3.8) is 0 Å². The Bertz CT molecular complexity index is 316. The molecule has 2 rings (SSSR count). The van der Waals surface area contributed by atoms with Crippen LogP contribution in [0, 0.1) is 5.92 Å². The molecule has 2 heterocycles. The monoisotopic (exact) mass is 194 g/mol. The van der Waals surface area contributed by atoms with Crippen LogP contribution in [0.2, 0.25) is 0 Å². The van der Waals surface area contributed by atoms with Gasteiger partial charge < -0.3 is 0 Å². The molecule has 2 atom stereocenters. The summed E-state index contributed by atoms with van der Waals surface area (Å²) >= 11 is 1.81. The molecule has 0 aliphatic carbocycles. The van der Waals surface area contributed by atoms with Crippen LogP contribution in [0.25, 0.3) is 0 Å². The number of hydrogen-bond donors (Lipinski definition) is 0. The van der Waals surface area contributed by atoms with E-state index in [9.17, 15) is 0 Å². The van der Waals surface area contributed by atoms with Gasteiger partial charge >= 0.3 is 0 Å². The van der Waals surface area contributed by atoms with Gasteiger partial charge in [0.2, 0.25) is 0 Å². The lowest BCUT2D eigenvalue weighted by molar-refractivity contribution is 0.261. The van der Waals surface area contributed by atoms with Crippen molar-refractivity contribution in [2.75, 3.05) is 7.05 Å². The molecule has 1 aliphatic heterocycles. The predicted octanol–water partition coefficient (Wildman–Crippen LogP) is 2.75. The van der Waals surface area contributed by atoms with Crippen LogP contribution in [0.4, 0.5) is 0 Å². The fraction of sp³-hybridized carbons (Fsp3) is 0.500. The zero-order valence-electron chi connectivity index (χ0n) is 8.19. The van der Waals surface area contributed by atoms with Crippen LogP contribution < -0.4 is 0 Å². The first kappa shape index (κ1) is 8.75. The summed E-state index contributed by atoms with van der Waals surface area (Å²) in [7, 11) is 2.05. The van der Waals surface area contributed by atoms with Gasteiger partial charge in [0.05, 0.1) is 6.04 Å². The predicted molar refractivity (Wildman–Crippen MR) is 57.1 cm³/mol. The van der Waals surface area contributed by atoms with Gasteiger partial charge in [0, 0.05) is 23.6 Å². The first-order valence-corrected chi connectivity index (χ1v) is 5.39. The van der Waals surface area contributed by atoms with Crippen LogP contribution in [0.5, 0.6) is 0 Å². The molecular weight excluding hydrogens is 180 g/mol. The lowest BCUT2D eigenvalue weighted by atomic mass is 9.98. The van der Waals surface area contributed by atoms with E-state index in [-0.39, 0.29) is 0 Å². The van der Waals surface area contributed by atoms with Gasteiger partial charge in [0.1, 0.15) is 0 Å². The van der Waals surface area contributed by atoms with Crippen molar-refractivity contribution in [3.8, 4) is 0 Å². The maximum Gasteiger partial charge on any atom is 0.0886 e. The maximum atomic E-state index is 4.46. The molecular formula is C10H14N2S. The average Bonchev–Trinajstić information content (AvgIpc) is 2.63. The Balaban J connectivity index is 2.28. The van der Waals surface area contributed by atoms with Gasteiger partial charge in [-0.25, -0.2) is 0 Å². The fourth-order valence-electron chi connectivity index (χ4n) is 1.84. The molecule has 0 fully saturated rings. The lowest BCUT2D eigenvalue weighted by Gasteiger charge is -2.21. The van der Waals surface area contributed by atoms with Crippen molar-refractivity contribution in [1.29, 1.82) is 0 Å². The van der Waals surface area contributed by atoms with E-state index in [1.165, 1.54) is 10.6 Å². The normalized spacial score (nSPS) is 27.9. The zero-order valence-corrected chi connectivity index (χ0v) is 9.01. The molecule has 0 N–H and O–H groups in total. The Hall–Kier alpha value is -0.830. The molecule has 0 spiro atoms. The average molecular weight is 194 g/mol. The van der Waals surface area contributed by atoms with E-state index in [1.54, 1.807) is 0 Å². The van der Waals surface area contributed by atoms with Crippen LogP contribution in [0.15, 0.2) is 22.6 Å². The lowest BCUT2D eigenvalue weighted by Crippen LogP contribution is -2.19.